The van der Waals surface area contributed by atoms with Gasteiger partial charge < -0.3 is 5.32 Å². The van der Waals surface area contributed by atoms with Crippen LogP contribution in [0.5, 0.6) is 0 Å². The molecule has 102 valence electrons. The second-order valence-electron chi connectivity index (χ2n) is 5.17. The van der Waals surface area contributed by atoms with Crippen LogP contribution >= 0.6 is 0 Å². The number of nitrogens with one attached hydrogen (secondary N) is 1. The van der Waals surface area contributed by atoms with Crippen molar-refractivity contribution in [2.45, 2.75) is 39.8 Å². The van der Waals surface area contributed by atoms with Crippen molar-refractivity contribution >= 4 is 0 Å². The van der Waals surface area contributed by atoms with Gasteiger partial charge in [0.1, 0.15) is 0 Å². The number of aromatic nitrogens is 2. The summed E-state index contributed by atoms with van der Waals surface area (Å²) in [7, 11) is 2.02. The zero-order chi connectivity index (χ0) is 13.8. The molecule has 1 atom stereocenters. The highest BCUT2D eigenvalue weighted by Crippen LogP contribution is 2.20. The van der Waals surface area contributed by atoms with Crippen LogP contribution in [-0.2, 0) is 13.0 Å². The van der Waals surface area contributed by atoms with Crippen molar-refractivity contribution in [2.24, 2.45) is 0 Å². The molecule has 0 aliphatic rings. The van der Waals surface area contributed by atoms with E-state index in [9.17, 15) is 0 Å². The van der Waals surface area contributed by atoms with Gasteiger partial charge in [0.15, 0.2) is 0 Å². The van der Waals surface area contributed by atoms with E-state index < -0.39 is 0 Å². The van der Waals surface area contributed by atoms with Crippen LogP contribution in [-0.4, -0.2) is 16.8 Å². The molecule has 1 aromatic carbocycles. The van der Waals surface area contributed by atoms with Crippen LogP contribution in [0.15, 0.2) is 30.6 Å². The van der Waals surface area contributed by atoms with E-state index in [2.05, 4.69) is 55.6 Å². The lowest BCUT2D eigenvalue weighted by Crippen LogP contribution is -2.19. The first-order chi connectivity index (χ1) is 9.12. The van der Waals surface area contributed by atoms with Crippen LogP contribution < -0.4 is 5.32 Å². The van der Waals surface area contributed by atoms with Crippen molar-refractivity contribution in [3.63, 3.8) is 0 Å². The number of likely N-dealkylation sites (N-methyl/N-ethyl adjacent to an activating group) is 1. The number of benzene rings is 1. The molecule has 0 amide bonds. The Morgan fingerprint density at radius 3 is 2.42 bits per heavy atom. The Labute approximate surface area is 115 Å². The minimum atomic E-state index is 0.341. The van der Waals surface area contributed by atoms with Gasteiger partial charge in [-0.15, -0.1) is 0 Å². The van der Waals surface area contributed by atoms with E-state index in [4.69, 9.17) is 0 Å². The summed E-state index contributed by atoms with van der Waals surface area (Å²) in [5.41, 5.74) is 5.27. The molecule has 1 heterocycles. The lowest BCUT2D eigenvalue weighted by molar-refractivity contribution is 0.590. The molecule has 3 nitrogen and oxygen atoms in total. The second-order valence-corrected chi connectivity index (χ2v) is 5.17. The van der Waals surface area contributed by atoms with Gasteiger partial charge in [-0.25, -0.2) is 0 Å². The molecule has 1 N–H and O–H groups in total. The molecule has 1 unspecified atom stereocenters. The molecular weight excluding hydrogens is 234 g/mol. The van der Waals surface area contributed by atoms with E-state index in [1.54, 1.807) is 0 Å². The summed E-state index contributed by atoms with van der Waals surface area (Å²) in [6, 6.07) is 7.08. The van der Waals surface area contributed by atoms with Crippen LogP contribution in [0.1, 0.15) is 35.2 Å². The summed E-state index contributed by atoms with van der Waals surface area (Å²) < 4.78 is 1.98. The van der Waals surface area contributed by atoms with Gasteiger partial charge in [0.25, 0.3) is 0 Å². The van der Waals surface area contributed by atoms with Gasteiger partial charge in [-0.05, 0) is 45.4 Å². The van der Waals surface area contributed by atoms with Gasteiger partial charge in [-0.1, -0.05) is 29.3 Å². The van der Waals surface area contributed by atoms with Crippen molar-refractivity contribution in [3.8, 4) is 0 Å². The van der Waals surface area contributed by atoms with Gasteiger partial charge in [0, 0.05) is 18.8 Å². The first-order valence-electron chi connectivity index (χ1n) is 6.89. The Balaban J connectivity index is 2.19. The maximum Gasteiger partial charge on any atom is 0.0522 e. The zero-order valence-corrected chi connectivity index (χ0v) is 12.3. The Hall–Kier alpha value is -1.61. The lowest BCUT2D eigenvalue weighted by Gasteiger charge is -2.17. The van der Waals surface area contributed by atoms with E-state index in [-0.39, 0.29) is 0 Å². The van der Waals surface area contributed by atoms with Crippen molar-refractivity contribution < 1.29 is 0 Å². The van der Waals surface area contributed by atoms with Gasteiger partial charge in [0.05, 0.1) is 6.20 Å². The Bertz CT molecular complexity index is 522. The molecule has 0 saturated carbocycles. The van der Waals surface area contributed by atoms with E-state index in [1.807, 2.05) is 17.9 Å². The average Bonchev–Trinajstić information content (AvgIpc) is 2.82. The number of aryl methyl sites for hydroxylation is 3. The van der Waals surface area contributed by atoms with Crippen LogP contribution in [0.25, 0.3) is 0 Å². The number of rotatable bonds is 5. The summed E-state index contributed by atoms with van der Waals surface area (Å²) in [6.45, 7) is 7.33. The van der Waals surface area contributed by atoms with Crippen molar-refractivity contribution in [1.29, 1.82) is 0 Å². The minimum Gasteiger partial charge on any atom is -0.313 e. The SMILES string of the molecule is CCn1cc(CC(NC)c2cc(C)cc(C)c2)cn1. The van der Waals surface area contributed by atoms with Gasteiger partial charge in [-0.3, -0.25) is 4.68 Å². The van der Waals surface area contributed by atoms with Crippen molar-refractivity contribution in [2.75, 3.05) is 7.05 Å². The molecule has 0 aliphatic carbocycles. The number of hydrogen-bond donors (Lipinski definition) is 1. The highest BCUT2D eigenvalue weighted by atomic mass is 15.3. The third-order valence-electron chi connectivity index (χ3n) is 3.45. The molecule has 0 bridgehead atoms. The molecule has 3 heteroatoms. The third kappa shape index (κ3) is 3.44. The first-order valence-corrected chi connectivity index (χ1v) is 6.89. The molecule has 0 saturated heterocycles. The maximum atomic E-state index is 4.34. The highest BCUT2D eigenvalue weighted by molar-refractivity contribution is 5.31. The molecule has 0 radical (unpaired) electrons. The largest absolute Gasteiger partial charge is 0.313 e. The normalized spacial score (nSPS) is 12.6. The van der Waals surface area contributed by atoms with Crippen LogP contribution in [0, 0.1) is 13.8 Å². The second kappa shape index (κ2) is 6.02. The Morgan fingerprint density at radius 2 is 1.89 bits per heavy atom. The molecular formula is C16H23N3. The fourth-order valence-corrected chi connectivity index (χ4v) is 2.52. The Morgan fingerprint density at radius 1 is 1.21 bits per heavy atom. The summed E-state index contributed by atoms with van der Waals surface area (Å²) in [4.78, 5) is 0. The molecule has 0 fully saturated rings. The summed E-state index contributed by atoms with van der Waals surface area (Å²) in [6.07, 6.45) is 5.07. The molecule has 0 spiro atoms. The van der Waals surface area contributed by atoms with Gasteiger partial charge in [-0.2, -0.15) is 5.10 Å². The van der Waals surface area contributed by atoms with Crippen molar-refractivity contribution in [3.05, 3.63) is 52.8 Å². The van der Waals surface area contributed by atoms with E-state index in [0.717, 1.165) is 13.0 Å². The average molecular weight is 257 g/mol. The fraction of sp³-hybridized carbons (Fsp3) is 0.438. The maximum absolute atomic E-state index is 4.34. The van der Waals surface area contributed by atoms with Gasteiger partial charge in [0.2, 0.25) is 0 Å². The number of nitrogens with zero attached hydrogens (tertiary/aromatic N) is 2. The quantitative estimate of drug-likeness (QED) is 0.892. The first kappa shape index (κ1) is 13.8. The summed E-state index contributed by atoms with van der Waals surface area (Å²) in [5, 5.41) is 7.75. The minimum absolute atomic E-state index is 0.341. The zero-order valence-electron chi connectivity index (χ0n) is 12.3. The molecule has 2 rings (SSSR count). The monoisotopic (exact) mass is 257 g/mol. The lowest BCUT2D eigenvalue weighted by atomic mass is 9.97. The molecule has 2 aromatic rings. The Kier molecular flexibility index (Phi) is 4.38. The molecule has 19 heavy (non-hydrogen) atoms. The summed E-state index contributed by atoms with van der Waals surface area (Å²) >= 11 is 0. The van der Waals surface area contributed by atoms with E-state index in [1.165, 1.54) is 22.3 Å². The van der Waals surface area contributed by atoms with Crippen LogP contribution in [0.2, 0.25) is 0 Å². The molecule has 0 aliphatic heterocycles. The smallest absolute Gasteiger partial charge is 0.0522 e. The van der Waals surface area contributed by atoms with Crippen LogP contribution in [0.3, 0.4) is 0 Å². The predicted octanol–water partition coefficient (Wildman–Crippen LogP) is 3.02. The standard InChI is InChI=1S/C16H23N3/c1-5-19-11-14(10-18-19)9-16(17-4)15-7-12(2)6-13(3)8-15/h6-8,10-11,16-17H,5,9H2,1-4H3. The van der Waals surface area contributed by atoms with Gasteiger partial charge >= 0.3 is 0 Å². The van der Waals surface area contributed by atoms with Crippen molar-refractivity contribution in [1.82, 2.24) is 15.1 Å². The molecule has 1 aromatic heterocycles. The van der Waals surface area contributed by atoms with E-state index in [0.29, 0.717) is 6.04 Å². The topological polar surface area (TPSA) is 29.9 Å². The predicted molar refractivity (Wildman–Crippen MR) is 79.3 cm³/mol. The van der Waals surface area contributed by atoms with E-state index >= 15 is 0 Å². The summed E-state index contributed by atoms with van der Waals surface area (Å²) in [5.74, 6) is 0. The fourth-order valence-electron chi connectivity index (χ4n) is 2.52. The number of hydrogen-bond acceptors (Lipinski definition) is 2. The third-order valence-corrected chi connectivity index (χ3v) is 3.45. The van der Waals surface area contributed by atoms with Crippen LogP contribution in [0.4, 0.5) is 0 Å². The highest BCUT2D eigenvalue weighted by Gasteiger charge is 2.12.